The lowest BCUT2D eigenvalue weighted by Crippen LogP contribution is -2.21. The van der Waals surface area contributed by atoms with Gasteiger partial charge in [-0.05, 0) is 74.7 Å². The molecule has 148 valence electrons. The molecule has 0 bridgehead atoms. The summed E-state index contributed by atoms with van der Waals surface area (Å²) in [7, 11) is -0.714. The average Bonchev–Trinajstić information content (AvgIpc) is 2.84. The SMILES string of the molecule is C=Cc1ccc(P(c2ccc3ccccc3c2)c2ccc3ccccc3c2)cc1C=C. The van der Waals surface area contributed by atoms with Crippen molar-refractivity contribution in [2.45, 2.75) is 0 Å². The Morgan fingerprint density at radius 1 is 0.452 bits per heavy atom. The standard InChI is InChI=1S/C30H23P/c1-3-22-13-16-28(19-23(22)4-2)31(29-17-14-24-9-5-7-11-26(24)20-29)30-18-15-25-10-6-8-12-27(25)21-30/h3-21H,1-2H2. The Morgan fingerprint density at radius 2 is 0.903 bits per heavy atom. The van der Waals surface area contributed by atoms with E-state index in [-0.39, 0.29) is 0 Å². The number of hydrogen-bond acceptors (Lipinski definition) is 0. The van der Waals surface area contributed by atoms with Crippen LogP contribution in [-0.2, 0) is 0 Å². The number of hydrogen-bond donors (Lipinski definition) is 0. The average molecular weight is 414 g/mol. The molecule has 1 heteroatoms. The van der Waals surface area contributed by atoms with Crippen molar-refractivity contribution in [2.24, 2.45) is 0 Å². The fourth-order valence-corrected chi connectivity index (χ4v) is 6.51. The first-order valence-electron chi connectivity index (χ1n) is 10.4. The number of rotatable bonds is 5. The summed E-state index contributed by atoms with van der Waals surface area (Å²) in [5.74, 6) is 0. The van der Waals surface area contributed by atoms with Crippen LogP contribution in [0.4, 0.5) is 0 Å². The molecule has 0 spiro atoms. The maximum absolute atomic E-state index is 4.03. The first kappa shape index (κ1) is 19.5. The zero-order valence-electron chi connectivity index (χ0n) is 17.3. The van der Waals surface area contributed by atoms with Crippen molar-refractivity contribution in [3.05, 3.63) is 127 Å². The fraction of sp³-hybridized carbons (Fsp3) is 0. The van der Waals surface area contributed by atoms with Crippen LogP contribution in [0.15, 0.2) is 116 Å². The Morgan fingerprint density at radius 3 is 1.42 bits per heavy atom. The van der Waals surface area contributed by atoms with Crippen LogP contribution in [0.2, 0.25) is 0 Å². The molecule has 0 saturated carbocycles. The van der Waals surface area contributed by atoms with E-state index >= 15 is 0 Å². The van der Waals surface area contributed by atoms with Crippen LogP contribution in [0.1, 0.15) is 11.1 Å². The molecule has 0 aliphatic carbocycles. The quantitative estimate of drug-likeness (QED) is 0.271. The molecule has 0 saturated heterocycles. The van der Waals surface area contributed by atoms with E-state index in [1.807, 2.05) is 12.2 Å². The molecule has 0 unspecified atom stereocenters. The number of fused-ring (bicyclic) bond motifs is 2. The molecule has 0 fully saturated rings. The van der Waals surface area contributed by atoms with Crippen LogP contribution in [0, 0.1) is 0 Å². The molecule has 0 aliphatic rings. The molecular formula is C30H23P. The molecule has 0 amide bonds. The third-order valence-corrected chi connectivity index (χ3v) is 8.13. The topological polar surface area (TPSA) is 0 Å². The number of benzene rings is 5. The first-order valence-corrected chi connectivity index (χ1v) is 11.8. The lowest BCUT2D eigenvalue weighted by Gasteiger charge is -2.21. The maximum atomic E-state index is 4.03. The Balaban J connectivity index is 1.74. The predicted octanol–water partition coefficient (Wildman–Crippen LogP) is 7.04. The maximum Gasteiger partial charge on any atom is -0.0134 e. The minimum Gasteiger partial charge on any atom is -0.0984 e. The molecular weight excluding hydrogens is 391 g/mol. The molecule has 0 N–H and O–H groups in total. The van der Waals surface area contributed by atoms with Crippen LogP contribution in [0.25, 0.3) is 33.7 Å². The molecule has 0 atom stereocenters. The fourth-order valence-electron chi connectivity index (χ4n) is 4.14. The molecule has 0 radical (unpaired) electrons. The van der Waals surface area contributed by atoms with Crippen molar-refractivity contribution < 1.29 is 0 Å². The van der Waals surface area contributed by atoms with Gasteiger partial charge in [0.2, 0.25) is 0 Å². The highest BCUT2D eigenvalue weighted by Gasteiger charge is 2.18. The first-order chi connectivity index (χ1) is 15.3. The van der Waals surface area contributed by atoms with Gasteiger partial charge in [0.25, 0.3) is 0 Å². The van der Waals surface area contributed by atoms with Gasteiger partial charge in [0.1, 0.15) is 0 Å². The van der Waals surface area contributed by atoms with Gasteiger partial charge in [-0.25, -0.2) is 0 Å². The summed E-state index contributed by atoms with van der Waals surface area (Å²) in [5, 5.41) is 9.12. The van der Waals surface area contributed by atoms with E-state index in [0.717, 1.165) is 11.1 Å². The van der Waals surface area contributed by atoms with Crippen LogP contribution in [0.3, 0.4) is 0 Å². The van der Waals surface area contributed by atoms with E-state index in [2.05, 4.69) is 116 Å². The Kier molecular flexibility index (Phi) is 5.24. The predicted molar refractivity (Wildman–Crippen MR) is 140 cm³/mol. The third kappa shape index (κ3) is 3.72. The Bertz CT molecular complexity index is 1350. The zero-order chi connectivity index (χ0) is 21.2. The van der Waals surface area contributed by atoms with Gasteiger partial charge in [0.15, 0.2) is 0 Å². The Hall–Kier alpha value is -3.47. The summed E-state index contributed by atoms with van der Waals surface area (Å²) >= 11 is 0. The van der Waals surface area contributed by atoms with Crippen LogP contribution >= 0.6 is 7.92 Å². The summed E-state index contributed by atoms with van der Waals surface area (Å²) < 4.78 is 0. The van der Waals surface area contributed by atoms with E-state index in [1.54, 1.807) is 0 Å². The van der Waals surface area contributed by atoms with Crippen molar-refractivity contribution in [1.82, 2.24) is 0 Å². The van der Waals surface area contributed by atoms with E-state index in [9.17, 15) is 0 Å². The van der Waals surface area contributed by atoms with E-state index in [0.29, 0.717) is 0 Å². The van der Waals surface area contributed by atoms with Crippen molar-refractivity contribution in [2.75, 3.05) is 0 Å². The van der Waals surface area contributed by atoms with Crippen molar-refractivity contribution >= 4 is 57.5 Å². The lowest BCUT2D eigenvalue weighted by atomic mass is 10.1. The molecule has 31 heavy (non-hydrogen) atoms. The van der Waals surface area contributed by atoms with Crippen molar-refractivity contribution in [3.63, 3.8) is 0 Å². The molecule has 5 aromatic rings. The van der Waals surface area contributed by atoms with Gasteiger partial charge >= 0.3 is 0 Å². The summed E-state index contributed by atoms with van der Waals surface area (Å²) in [6, 6.07) is 37.6. The van der Waals surface area contributed by atoms with E-state index in [4.69, 9.17) is 0 Å². The lowest BCUT2D eigenvalue weighted by molar-refractivity contribution is 1.65. The second-order valence-corrected chi connectivity index (χ2v) is 9.84. The van der Waals surface area contributed by atoms with E-state index < -0.39 is 7.92 Å². The highest BCUT2D eigenvalue weighted by atomic mass is 31.1. The molecule has 5 rings (SSSR count). The third-order valence-electron chi connectivity index (χ3n) is 5.75. The minimum atomic E-state index is -0.714. The van der Waals surface area contributed by atoms with Gasteiger partial charge in [-0.3, -0.25) is 0 Å². The van der Waals surface area contributed by atoms with Crippen LogP contribution in [-0.4, -0.2) is 0 Å². The smallest absolute Gasteiger partial charge is 0.0134 e. The normalized spacial score (nSPS) is 11.1. The molecule has 0 aliphatic heterocycles. The summed E-state index contributed by atoms with van der Waals surface area (Å²) in [5.41, 5.74) is 2.24. The van der Waals surface area contributed by atoms with Gasteiger partial charge in [-0.15, -0.1) is 0 Å². The van der Waals surface area contributed by atoms with Gasteiger partial charge in [-0.2, -0.15) is 0 Å². The zero-order valence-corrected chi connectivity index (χ0v) is 18.2. The molecule has 5 aromatic carbocycles. The summed E-state index contributed by atoms with van der Waals surface area (Å²) in [6.07, 6.45) is 3.82. The highest BCUT2D eigenvalue weighted by molar-refractivity contribution is 7.79. The summed E-state index contributed by atoms with van der Waals surface area (Å²) in [4.78, 5) is 0. The Labute approximate surface area is 184 Å². The van der Waals surface area contributed by atoms with E-state index in [1.165, 1.54) is 37.5 Å². The minimum absolute atomic E-state index is 0.714. The molecule has 0 nitrogen and oxygen atoms in total. The van der Waals surface area contributed by atoms with Crippen LogP contribution < -0.4 is 15.9 Å². The second kappa shape index (κ2) is 8.34. The largest absolute Gasteiger partial charge is 0.0984 e. The highest BCUT2D eigenvalue weighted by Crippen LogP contribution is 2.35. The van der Waals surface area contributed by atoms with Crippen molar-refractivity contribution in [1.29, 1.82) is 0 Å². The van der Waals surface area contributed by atoms with Gasteiger partial charge < -0.3 is 0 Å². The summed E-state index contributed by atoms with van der Waals surface area (Å²) in [6.45, 7) is 7.98. The monoisotopic (exact) mass is 414 g/mol. The van der Waals surface area contributed by atoms with Gasteiger partial charge in [0.05, 0.1) is 0 Å². The molecule has 0 heterocycles. The molecule has 0 aromatic heterocycles. The van der Waals surface area contributed by atoms with Crippen LogP contribution in [0.5, 0.6) is 0 Å². The van der Waals surface area contributed by atoms with Gasteiger partial charge in [-0.1, -0.05) is 110 Å². The second-order valence-electron chi connectivity index (χ2n) is 7.62. The van der Waals surface area contributed by atoms with Gasteiger partial charge in [0, 0.05) is 0 Å². The van der Waals surface area contributed by atoms with Crippen molar-refractivity contribution in [3.8, 4) is 0 Å².